The Bertz CT molecular complexity index is 804. The van der Waals surface area contributed by atoms with Gasteiger partial charge < -0.3 is 5.11 Å². The third-order valence-corrected chi connectivity index (χ3v) is 3.46. The van der Waals surface area contributed by atoms with Gasteiger partial charge in [0.1, 0.15) is 5.82 Å². The van der Waals surface area contributed by atoms with Crippen molar-refractivity contribution in [2.75, 3.05) is 0 Å². The fourth-order valence-corrected chi connectivity index (χ4v) is 2.46. The molecule has 0 spiro atoms. The average molecular weight is 280 g/mol. The van der Waals surface area contributed by atoms with Gasteiger partial charge in [-0.1, -0.05) is 32.0 Å². The Morgan fingerprint density at radius 2 is 1.86 bits per heavy atom. The minimum atomic E-state index is -0.927. The monoisotopic (exact) mass is 280 g/mol. The largest absolute Gasteiger partial charge is 0.478 e. The second kappa shape index (κ2) is 5.05. The summed E-state index contributed by atoms with van der Waals surface area (Å²) in [6, 6.07) is 14.9. The summed E-state index contributed by atoms with van der Waals surface area (Å²) >= 11 is 0. The zero-order chi connectivity index (χ0) is 15.0. The Morgan fingerprint density at radius 1 is 1.14 bits per heavy atom. The van der Waals surface area contributed by atoms with Gasteiger partial charge >= 0.3 is 5.97 Å². The fourth-order valence-electron chi connectivity index (χ4n) is 2.46. The highest BCUT2D eigenvalue weighted by Gasteiger charge is 2.16. The molecule has 0 saturated carbocycles. The second-order valence-electron chi connectivity index (χ2n) is 5.30. The summed E-state index contributed by atoms with van der Waals surface area (Å²) in [7, 11) is 0. The van der Waals surface area contributed by atoms with Crippen molar-refractivity contribution in [2.24, 2.45) is 0 Å². The van der Waals surface area contributed by atoms with Gasteiger partial charge in [-0.25, -0.2) is 9.78 Å². The van der Waals surface area contributed by atoms with Crippen LogP contribution in [-0.2, 0) is 0 Å². The van der Waals surface area contributed by atoms with Gasteiger partial charge in [-0.05, 0) is 30.3 Å². The Labute approximate surface area is 122 Å². The van der Waals surface area contributed by atoms with Crippen LogP contribution in [0.5, 0.6) is 0 Å². The van der Waals surface area contributed by atoms with E-state index in [9.17, 15) is 9.90 Å². The highest BCUT2D eigenvalue weighted by atomic mass is 16.4. The molecule has 1 aromatic heterocycles. The molecule has 0 saturated heterocycles. The van der Waals surface area contributed by atoms with Crippen molar-refractivity contribution in [1.82, 2.24) is 9.55 Å². The van der Waals surface area contributed by atoms with Gasteiger partial charge in [0, 0.05) is 11.6 Å². The first kappa shape index (κ1) is 13.4. The number of imidazole rings is 1. The first-order chi connectivity index (χ1) is 10.1. The molecular formula is C17H16N2O2. The predicted molar refractivity (Wildman–Crippen MR) is 82.1 cm³/mol. The highest BCUT2D eigenvalue weighted by molar-refractivity contribution is 5.93. The molecule has 0 unspecified atom stereocenters. The molecule has 0 amide bonds. The van der Waals surface area contributed by atoms with Crippen LogP contribution in [0, 0.1) is 0 Å². The van der Waals surface area contributed by atoms with Crippen LogP contribution in [0.3, 0.4) is 0 Å². The molecule has 106 valence electrons. The molecule has 0 aliphatic rings. The smallest absolute Gasteiger partial charge is 0.335 e. The van der Waals surface area contributed by atoms with Crippen LogP contribution >= 0.6 is 0 Å². The van der Waals surface area contributed by atoms with Crippen LogP contribution < -0.4 is 0 Å². The fraction of sp³-hybridized carbons (Fsp3) is 0.176. The van der Waals surface area contributed by atoms with Crippen molar-refractivity contribution in [3.05, 3.63) is 59.9 Å². The molecule has 3 rings (SSSR count). The Kier molecular flexibility index (Phi) is 3.22. The first-order valence-electron chi connectivity index (χ1n) is 6.89. The summed E-state index contributed by atoms with van der Waals surface area (Å²) in [5.41, 5.74) is 2.90. The van der Waals surface area contributed by atoms with Gasteiger partial charge in [0.05, 0.1) is 16.6 Å². The van der Waals surface area contributed by atoms with E-state index < -0.39 is 5.97 Å². The van der Waals surface area contributed by atoms with Crippen molar-refractivity contribution in [3.63, 3.8) is 0 Å². The number of carboxylic acid groups (broad SMARTS) is 1. The normalized spacial score (nSPS) is 11.2. The molecule has 0 fully saturated rings. The van der Waals surface area contributed by atoms with E-state index in [2.05, 4.69) is 18.8 Å². The number of hydrogen-bond acceptors (Lipinski definition) is 2. The number of rotatable bonds is 3. The first-order valence-corrected chi connectivity index (χ1v) is 6.89. The van der Waals surface area contributed by atoms with Gasteiger partial charge in [0.15, 0.2) is 0 Å². The molecule has 1 N–H and O–H groups in total. The minimum absolute atomic E-state index is 0.242. The van der Waals surface area contributed by atoms with Crippen molar-refractivity contribution in [3.8, 4) is 5.69 Å². The molecule has 0 radical (unpaired) electrons. The molecule has 4 heteroatoms. The number of aromatic carboxylic acids is 1. The Balaban J connectivity index is 2.35. The molecular weight excluding hydrogens is 264 g/mol. The van der Waals surface area contributed by atoms with Crippen molar-refractivity contribution >= 4 is 17.0 Å². The molecule has 1 heterocycles. The van der Waals surface area contributed by atoms with E-state index in [1.165, 1.54) is 0 Å². The summed E-state index contributed by atoms with van der Waals surface area (Å²) < 4.78 is 2.03. The standard InChI is InChI=1S/C17H16N2O2/c1-11(2)16-18-14-9-8-12(17(20)21)10-15(14)19(16)13-6-4-3-5-7-13/h3-11H,1-2H3,(H,20,21). The van der Waals surface area contributed by atoms with Gasteiger partial charge in [-0.3, -0.25) is 4.57 Å². The molecule has 21 heavy (non-hydrogen) atoms. The Morgan fingerprint density at radius 3 is 2.48 bits per heavy atom. The van der Waals surface area contributed by atoms with Crippen LogP contribution in [0.2, 0.25) is 0 Å². The average Bonchev–Trinajstić information content (AvgIpc) is 2.86. The van der Waals surface area contributed by atoms with E-state index in [0.29, 0.717) is 0 Å². The molecule has 0 atom stereocenters. The highest BCUT2D eigenvalue weighted by Crippen LogP contribution is 2.26. The summed E-state index contributed by atoms with van der Waals surface area (Å²) in [4.78, 5) is 15.9. The lowest BCUT2D eigenvalue weighted by atomic mass is 10.2. The minimum Gasteiger partial charge on any atom is -0.478 e. The van der Waals surface area contributed by atoms with Crippen LogP contribution in [0.25, 0.3) is 16.7 Å². The number of aromatic nitrogens is 2. The number of para-hydroxylation sites is 1. The van der Waals surface area contributed by atoms with Gasteiger partial charge in [-0.2, -0.15) is 0 Å². The molecule has 4 nitrogen and oxygen atoms in total. The lowest BCUT2D eigenvalue weighted by Gasteiger charge is -2.11. The maximum absolute atomic E-state index is 11.2. The predicted octanol–water partition coefficient (Wildman–Crippen LogP) is 3.85. The molecule has 0 bridgehead atoms. The summed E-state index contributed by atoms with van der Waals surface area (Å²) in [5, 5.41) is 9.19. The van der Waals surface area contributed by atoms with Crippen molar-refractivity contribution in [1.29, 1.82) is 0 Å². The summed E-state index contributed by atoms with van der Waals surface area (Å²) in [6.07, 6.45) is 0. The van der Waals surface area contributed by atoms with Crippen LogP contribution in [0.4, 0.5) is 0 Å². The quantitative estimate of drug-likeness (QED) is 0.793. The van der Waals surface area contributed by atoms with Crippen molar-refractivity contribution < 1.29 is 9.90 Å². The van der Waals surface area contributed by atoms with E-state index >= 15 is 0 Å². The molecule has 3 aromatic rings. The number of fused-ring (bicyclic) bond motifs is 1. The topological polar surface area (TPSA) is 55.1 Å². The lowest BCUT2D eigenvalue weighted by Crippen LogP contribution is -2.03. The summed E-state index contributed by atoms with van der Waals surface area (Å²) in [6.45, 7) is 4.16. The third-order valence-electron chi connectivity index (χ3n) is 3.46. The second-order valence-corrected chi connectivity index (χ2v) is 5.30. The maximum atomic E-state index is 11.2. The van der Waals surface area contributed by atoms with Crippen molar-refractivity contribution in [2.45, 2.75) is 19.8 Å². The number of nitrogens with zero attached hydrogens (tertiary/aromatic N) is 2. The van der Waals surface area contributed by atoms with E-state index in [1.807, 2.05) is 34.9 Å². The maximum Gasteiger partial charge on any atom is 0.335 e. The lowest BCUT2D eigenvalue weighted by molar-refractivity contribution is 0.0697. The van der Waals surface area contributed by atoms with E-state index in [4.69, 9.17) is 0 Å². The number of carbonyl (C=O) groups is 1. The molecule has 2 aromatic carbocycles. The Hall–Kier alpha value is -2.62. The number of benzene rings is 2. The third kappa shape index (κ3) is 2.29. The zero-order valence-electron chi connectivity index (χ0n) is 11.9. The van der Waals surface area contributed by atoms with Crippen LogP contribution in [0.15, 0.2) is 48.5 Å². The van der Waals surface area contributed by atoms with Gasteiger partial charge in [0.25, 0.3) is 0 Å². The van der Waals surface area contributed by atoms with Gasteiger partial charge in [-0.15, -0.1) is 0 Å². The SMILES string of the molecule is CC(C)c1nc2ccc(C(=O)O)cc2n1-c1ccccc1. The van der Waals surface area contributed by atoms with E-state index in [-0.39, 0.29) is 11.5 Å². The number of carboxylic acids is 1. The summed E-state index contributed by atoms with van der Waals surface area (Å²) in [5.74, 6) is 0.244. The van der Waals surface area contributed by atoms with E-state index in [1.54, 1.807) is 18.2 Å². The number of hydrogen-bond donors (Lipinski definition) is 1. The van der Waals surface area contributed by atoms with E-state index in [0.717, 1.165) is 22.5 Å². The van der Waals surface area contributed by atoms with Crippen LogP contribution in [0.1, 0.15) is 35.9 Å². The van der Waals surface area contributed by atoms with Crippen LogP contribution in [-0.4, -0.2) is 20.6 Å². The zero-order valence-corrected chi connectivity index (χ0v) is 11.9. The molecule has 0 aliphatic heterocycles. The van der Waals surface area contributed by atoms with Gasteiger partial charge in [0.2, 0.25) is 0 Å². The molecule has 0 aliphatic carbocycles.